The molecule has 0 amide bonds. The zero-order valence-corrected chi connectivity index (χ0v) is 19.5. The topological polar surface area (TPSA) is 86.3 Å². The number of methoxy groups -OCH3 is 1. The first kappa shape index (κ1) is 23.7. The normalized spacial score (nSPS) is 13.6. The molecule has 1 N–H and O–H groups in total. The van der Waals surface area contributed by atoms with Crippen LogP contribution in [-0.2, 0) is 20.7 Å². The zero-order valence-electron chi connectivity index (χ0n) is 18.7. The number of carbonyl (C=O) groups is 2. The molecule has 1 aliphatic rings. The number of nitrogens with zero attached hydrogens (tertiary/aromatic N) is 1. The van der Waals surface area contributed by atoms with Crippen molar-refractivity contribution in [3.8, 4) is 17.2 Å². The van der Waals surface area contributed by atoms with E-state index in [9.17, 15) is 9.59 Å². The number of esters is 2. The fourth-order valence-electron chi connectivity index (χ4n) is 3.24. The van der Waals surface area contributed by atoms with E-state index >= 15 is 0 Å². The fraction of sp³-hybridized carbons (Fsp3) is 0.391. The van der Waals surface area contributed by atoms with E-state index in [2.05, 4.69) is 4.72 Å². The van der Waals surface area contributed by atoms with Crippen LogP contribution >= 0.6 is 12.1 Å². The van der Waals surface area contributed by atoms with Gasteiger partial charge in [0, 0.05) is 29.8 Å². The number of anilines is 1. The molecule has 172 valence electrons. The Morgan fingerprint density at radius 2 is 1.91 bits per heavy atom. The number of nitrogens with one attached hydrogen (secondary N) is 1. The van der Waals surface area contributed by atoms with Gasteiger partial charge >= 0.3 is 11.9 Å². The summed E-state index contributed by atoms with van der Waals surface area (Å²) >= 11 is 1.12. The summed E-state index contributed by atoms with van der Waals surface area (Å²) in [4.78, 5) is 24.4. The van der Waals surface area contributed by atoms with Gasteiger partial charge in [0.2, 0.25) is 0 Å². The van der Waals surface area contributed by atoms with Crippen LogP contribution in [0, 0.1) is 0 Å². The van der Waals surface area contributed by atoms with E-state index in [0.717, 1.165) is 29.8 Å². The van der Waals surface area contributed by atoms with Crippen molar-refractivity contribution in [3.63, 3.8) is 0 Å². The largest absolute Gasteiger partial charge is 0.497 e. The lowest BCUT2D eigenvalue weighted by molar-refractivity contribution is -0.141. The molecule has 1 aliphatic heterocycles. The van der Waals surface area contributed by atoms with Crippen molar-refractivity contribution in [2.45, 2.75) is 32.8 Å². The lowest BCUT2D eigenvalue weighted by Gasteiger charge is -2.22. The van der Waals surface area contributed by atoms with E-state index in [1.54, 1.807) is 36.5 Å². The van der Waals surface area contributed by atoms with Gasteiger partial charge in [0.25, 0.3) is 0 Å². The van der Waals surface area contributed by atoms with Crippen LogP contribution in [0.5, 0.6) is 17.2 Å². The Labute approximate surface area is 192 Å². The summed E-state index contributed by atoms with van der Waals surface area (Å²) in [5.74, 6) is 0.876. The van der Waals surface area contributed by atoms with Crippen molar-refractivity contribution in [1.29, 1.82) is 0 Å². The number of hydrogen-bond donors (Lipinski definition) is 1. The molecule has 32 heavy (non-hydrogen) atoms. The predicted octanol–water partition coefficient (Wildman–Crippen LogP) is 3.54. The Hall–Kier alpha value is -2.91. The fourth-order valence-corrected chi connectivity index (χ4v) is 3.98. The van der Waals surface area contributed by atoms with Crippen LogP contribution in [-0.4, -0.2) is 44.3 Å². The molecule has 8 nitrogen and oxygen atoms in total. The number of ether oxygens (including phenoxy) is 4. The van der Waals surface area contributed by atoms with Crippen molar-refractivity contribution >= 4 is 29.8 Å². The molecule has 0 aromatic heterocycles. The van der Waals surface area contributed by atoms with Crippen LogP contribution in [0.25, 0.3) is 0 Å². The lowest BCUT2D eigenvalue weighted by Crippen LogP contribution is -2.31. The first-order valence-corrected chi connectivity index (χ1v) is 11.1. The number of carbonyl (C=O) groups excluding carboxylic acids is 2. The lowest BCUT2D eigenvalue weighted by atomic mass is 10.0. The van der Waals surface area contributed by atoms with Gasteiger partial charge in [0.05, 0.1) is 13.7 Å². The molecular weight excluding hydrogens is 432 g/mol. The SMILES string of the molecule is CCOC(=O)CN(SNCC(=O)Oc1cccc2c1OC(C)(C)C2)c1ccc(OC)cc1. The predicted molar refractivity (Wildman–Crippen MR) is 123 cm³/mol. The van der Waals surface area contributed by atoms with E-state index in [1.165, 1.54) is 0 Å². The van der Waals surface area contributed by atoms with E-state index < -0.39 is 5.97 Å². The standard InChI is InChI=1S/C23H28N2O6S/c1-5-29-21(27)15-25(17-9-11-18(28-4)12-10-17)32-24-14-20(26)30-19-8-6-7-16-13-23(2,3)31-22(16)19/h6-12,24H,5,13-15H2,1-4H3. The second kappa shape index (κ2) is 10.6. The number of fused-ring (bicyclic) bond motifs is 1. The van der Waals surface area contributed by atoms with Gasteiger partial charge < -0.3 is 18.9 Å². The van der Waals surface area contributed by atoms with Crippen LogP contribution in [0.15, 0.2) is 42.5 Å². The van der Waals surface area contributed by atoms with Gasteiger partial charge in [0.1, 0.15) is 24.4 Å². The molecule has 0 spiro atoms. The van der Waals surface area contributed by atoms with E-state index in [1.807, 2.05) is 38.1 Å². The number of para-hydroxylation sites is 1. The highest BCUT2D eigenvalue weighted by Gasteiger charge is 2.32. The van der Waals surface area contributed by atoms with Crippen LogP contribution in [0.4, 0.5) is 5.69 Å². The van der Waals surface area contributed by atoms with Crippen LogP contribution in [0.1, 0.15) is 26.3 Å². The van der Waals surface area contributed by atoms with Crippen molar-refractivity contribution < 1.29 is 28.5 Å². The quantitative estimate of drug-likeness (QED) is 0.325. The minimum Gasteiger partial charge on any atom is -0.497 e. The summed E-state index contributed by atoms with van der Waals surface area (Å²) in [5.41, 5.74) is 1.44. The minimum absolute atomic E-state index is 0.00198. The Morgan fingerprint density at radius 3 is 2.59 bits per heavy atom. The zero-order chi connectivity index (χ0) is 23.1. The molecule has 0 saturated heterocycles. The summed E-state index contributed by atoms with van der Waals surface area (Å²) in [5, 5.41) is 0. The van der Waals surface area contributed by atoms with Gasteiger partial charge in [-0.05, 0) is 51.1 Å². The van der Waals surface area contributed by atoms with E-state index in [-0.39, 0.29) is 24.7 Å². The molecule has 0 bridgehead atoms. The van der Waals surface area contributed by atoms with Gasteiger partial charge in [-0.1, -0.05) is 12.1 Å². The molecule has 1 heterocycles. The molecule has 0 atom stereocenters. The Morgan fingerprint density at radius 1 is 1.16 bits per heavy atom. The van der Waals surface area contributed by atoms with Gasteiger partial charge in [-0.3, -0.25) is 13.9 Å². The first-order valence-electron chi connectivity index (χ1n) is 10.3. The number of hydrogen-bond acceptors (Lipinski definition) is 9. The first-order chi connectivity index (χ1) is 15.3. The highest BCUT2D eigenvalue weighted by molar-refractivity contribution is 7.98. The van der Waals surface area contributed by atoms with Crippen LogP contribution in [0.3, 0.4) is 0 Å². The Bertz CT molecular complexity index is 948. The molecular formula is C23H28N2O6S. The molecule has 9 heteroatoms. The number of rotatable bonds is 10. The Kier molecular flexibility index (Phi) is 7.87. The smallest absolute Gasteiger partial charge is 0.326 e. The van der Waals surface area contributed by atoms with Crippen molar-refractivity contribution in [2.75, 3.05) is 31.1 Å². The molecule has 2 aromatic carbocycles. The third kappa shape index (κ3) is 6.30. The molecule has 0 saturated carbocycles. The second-order valence-electron chi connectivity index (χ2n) is 7.71. The summed E-state index contributed by atoms with van der Waals surface area (Å²) in [6.45, 7) is 5.96. The summed E-state index contributed by atoms with van der Waals surface area (Å²) < 4.78 is 26.3. The minimum atomic E-state index is -0.468. The summed E-state index contributed by atoms with van der Waals surface area (Å²) in [7, 11) is 1.58. The molecule has 2 aromatic rings. The van der Waals surface area contributed by atoms with E-state index in [0.29, 0.717) is 23.9 Å². The van der Waals surface area contributed by atoms with Gasteiger partial charge in [0.15, 0.2) is 11.5 Å². The third-order valence-electron chi connectivity index (χ3n) is 4.61. The van der Waals surface area contributed by atoms with Crippen molar-refractivity contribution in [1.82, 2.24) is 4.72 Å². The van der Waals surface area contributed by atoms with Gasteiger partial charge in [-0.25, -0.2) is 4.72 Å². The maximum absolute atomic E-state index is 12.4. The summed E-state index contributed by atoms with van der Waals surface area (Å²) in [6.07, 6.45) is 0.756. The van der Waals surface area contributed by atoms with Crippen molar-refractivity contribution in [3.05, 3.63) is 48.0 Å². The average molecular weight is 461 g/mol. The van der Waals surface area contributed by atoms with Crippen molar-refractivity contribution in [2.24, 2.45) is 0 Å². The number of benzene rings is 2. The monoisotopic (exact) mass is 460 g/mol. The van der Waals surface area contributed by atoms with Crippen LogP contribution < -0.4 is 23.2 Å². The highest BCUT2D eigenvalue weighted by Crippen LogP contribution is 2.41. The van der Waals surface area contributed by atoms with Gasteiger partial charge in [-0.15, -0.1) is 0 Å². The Balaban J connectivity index is 1.59. The van der Waals surface area contributed by atoms with Crippen LogP contribution in [0.2, 0.25) is 0 Å². The highest BCUT2D eigenvalue weighted by atomic mass is 32.2. The maximum atomic E-state index is 12.4. The molecule has 0 radical (unpaired) electrons. The average Bonchev–Trinajstić information content (AvgIpc) is 3.08. The molecule has 0 unspecified atom stereocenters. The van der Waals surface area contributed by atoms with Gasteiger partial charge in [-0.2, -0.15) is 0 Å². The molecule has 3 rings (SSSR count). The maximum Gasteiger partial charge on any atom is 0.326 e. The summed E-state index contributed by atoms with van der Waals surface area (Å²) in [6, 6.07) is 12.8. The molecule has 0 fully saturated rings. The third-order valence-corrected chi connectivity index (χ3v) is 5.44. The van der Waals surface area contributed by atoms with E-state index in [4.69, 9.17) is 18.9 Å². The molecule has 0 aliphatic carbocycles. The second-order valence-corrected chi connectivity index (χ2v) is 8.62.